The lowest BCUT2D eigenvalue weighted by Gasteiger charge is -2.31. The molecule has 10 heteroatoms. The van der Waals surface area contributed by atoms with Gasteiger partial charge in [0.1, 0.15) is 5.75 Å². The van der Waals surface area contributed by atoms with Crippen molar-refractivity contribution in [2.75, 3.05) is 13.1 Å². The van der Waals surface area contributed by atoms with E-state index in [9.17, 15) is 13.6 Å². The predicted molar refractivity (Wildman–Crippen MR) is 112 cm³/mol. The van der Waals surface area contributed by atoms with Crippen LogP contribution in [0.5, 0.6) is 11.5 Å². The van der Waals surface area contributed by atoms with Gasteiger partial charge >= 0.3 is 0 Å². The minimum atomic E-state index is -4.05. The molecule has 152 valence electrons. The fourth-order valence-electron chi connectivity index (χ4n) is 2.88. The topological polar surface area (TPSA) is 70.1 Å². The number of halogens is 3. The molecule has 0 unspecified atom stereocenters. The summed E-state index contributed by atoms with van der Waals surface area (Å²) >= 11 is 15.8. The van der Waals surface area contributed by atoms with Crippen LogP contribution in [0.2, 0.25) is 10.0 Å². The number of hydrazine groups is 1. The van der Waals surface area contributed by atoms with Crippen LogP contribution >= 0.6 is 39.1 Å². The summed E-state index contributed by atoms with van der Waals surface area (Å²) in [6.45, 7) is 0.997. The first-order valence-electron chi connectivity index (χ1n) is 8.64. The molecule has 6 nitrogen and oxygen atoms in total. The molecule has 1 fully saturated rings. The van der Waals surface area contributed by atoms with Gasteiger partial charge in [0.15, 0.2) is 5.75 Å². The van der Waals surface area contributed by atoms with Crippen molar-refractivity contribution in [1.29, 1.82) is 0 Å². The molecular weight excluding hydrogens is 491 g/mol. The van der Waals surface area contributed by atoms with Crippen molar-refractivity contribution < 1.29 is 18.4 Å². The molecule has 0 aromatic heterocycles. The van der Waals surface area contributed by atoms with E-state index < -0.39 is 10.0 Å². The minimum Gasteiger partial charge on any atom is -0.454 e. The maximum Gasteiger partial charge on any atom is 0.278 e. The first-order valence-corrected chi connectivity index (χ1v) is 12.0. The number of benzene rings is 2. The van der Waals surface area contributed by atoms with E-state index in [-0.39, 0.29) is 4.90 Å². The van der Waals surface area contributed by atoms with E-state index in [4.69, 9.17) is 27.9 Å². The molecule has 0 aliphatic carbocycles. The molecule has 0 spiro atoms. The SMILES string of the molecule is O=S(=O)(c1ccc(Oc2c(Cl)cc(CBr)cc2Cl)cc1)N(O)N1CCCCC1. The molecule has 2 aromatic rings. The van der Waals surface area contributed by atoms with E-state index in [1.807, 2.05) is 0 Å². The van der Waals surface area contributed by atoms with Gasteiger partial charge in [-0.25, -0.2) is 13.4 Å². The van der Waals surface area contributed by atoms with Crippen LogP contribution < -0.4 is 4.74 Å². The molecule has 28 heavy (non-hydrogen) atoms. The van der Waals surface area contributed by atoms with Crippen molar-refractivity contribution in [1.82, 2.24) is 9.59 Å². The summed E-state index contributed by atoms with van der Waals surface area (Å²) in [7, 11) is -4.05. The first-order chi connectivity index (χ1) is 13.3. The van der Waals surface area contributed by atoms with Crippen LogP contribution in [-0.4, -0.2) is 36.3 Å². The highest BCUT2D eigenvalue weighted by Gasteiger charge is 2.29. The van der Waals surface area contributed by atoms with E-state index in [0.717, 1.165) is 24.8 Å². The molecule has 0 saturated carbocycles. The van der Waals surface area contributed by atoms with E-state index in [1.54, 1.807) is 12.1 Å². The monoisotopic (exact) mass is 508 g/mol. The number of hydrogen-bond acceptors (Lipinski definition) is 5. The molecule has 1 heterocycles. The van der Waals surface area contributed by atoms with Crippen molar-refractivity contribution >= 4 is 49.2 Å². The van der Waals surface area contributed by atoms with Crippen LogP contribution in [-0.2, 0) is 15.4 Å². The van der Waals surface area contributed by atoms with Gasteiger partial charge in [-0.2, -0.15) is 0 Å². The third-order valence-corrected chi connectivity index (χ3v) is 7.08. The largest absolute Gasteiger partial charge is 0.454 e. The lowest BCUT2D eigenvalue weighted by molar-refractivity contribution is -0.173. The molecule has 1 aliphatic rings. The van der Waals surface area contributed by atoms with E-state index in [0.29, 0.717) is 44.5 Å². The highest BCUT2D eigenvalue weighted by molar-refractivity contribution is 9.08. The molecule has 0 atom stereocenters. The molecule has 1 saturated heterocycles. The predicted octanol–water partition coefficient (Wildman–Crippen LogP) is 5.46. The fraction of sp³-hybridized carbons (Fsp3) is 0.333. The number of ether oxygens (including phenoxy) is 1. The smallest absolute Gasteiger partial charge is 0.278 e. The van der Waals surface area contributed by atoms with Crippen molar-refractivity contribution in [3.63, 3.8) is 0 Å². The Labute approximate surface area is 182 Å². The second-order valence-corrected chi connectivity index (χ2v) is 9.46. The number of nitrogens with zero attached hydrogens (tertiary/aromatic N) is 2. The van der Waals surface area contributed by atoms with E-state index in [1.165, 1.54) is 29.3 Å². The average Bonchev–Trinajstić information content (AvgIpc) is 2.71. The number of piperidine rings is 1. The first kappa shape index (κ1) is 21.8. The quantitative estimate of drug-likeness (QED) is 0.413. The molecule has 1 aliphatic heterocycles. The molecule has 0 bridgehead atoms. The number of hydrogen-bond donors (Lipinski definition) is 1. The molecule has 3 rings (SSSR count). The van der Waals surface area contributed by atoms with Crippen molar-refractivity contribution in [3.05, 3.63) is 52.0 Å². The number of alkyl halides is 1. The second kappa shape index (κ2) is 9.30. The second-order valence-electron chi connectivity index (χ2n) is 6.34. The highest BCUT2D eigenvalue weighted by atomic mass is 79.9. The van der Waals surface area contributed by atoms with Gasteiger partial charge in [-0.1, -0.05) is 45.6 Å². The highest BCUT2D eigenvalue weighted by Crippen LogP contribution is 2.38. The zero-order valence-corrected chi connectivity index (χ0v) is 18.7. The van der Waals surface area contributed by atoms with Crippen LogP contribution in [0, 0.1) is 0 Å². The minimum absolute atomic E-state index is 0.0419. The third kappa shape index (κ3) is 4.81. The average molecular weight is 510 g/mol. The fourth-order valence-corrected chi connectivity index (χ4v) is 4.95. The van der Waals surface area contributed by atoms with Gasteiger partial charge < -0.3 is 4.74 Å². The van der Waals surface area contributed by atoms with Gasteiger partial charge in [-0.3, -0.25) is 5.21 Å². The number of rotatable bonds is 6. The van der Waals surface area contributed by atoms with Gasteiger partial charge in [0.25, 0.3) is 10.0 Å². The summed E-state index contributed by atoms with van der Waals surface area (Å²) in [6, 6.07) is 9.18. The Bertz CT molecular complexity index is 912. The van der Waals surface area contributed by atoms with Gasteiger partial charge in [-0.15, -0.1) is 0 Å². The van der Waals surface area contributed by atoms with Crippen LogP contribution in [0.4, 0.5) is 0 Å². The summed E-state index contributed by atoms with van der Waals surface area (Å²) in [5, 5.41) is 12.9. The molecule has 2 aromatic carbocycles. The Balaban J connectivity index is 1.78. The number of sulfonamides is 1. The van der Waals surface area contributed by atoms with Crippen LogP contribution in [0.25, 0.3) is 0 Å². The molecule has 0 amide bonds. The van der Waals surface area contributed by atoms with Crippen molar-refractivity contribution in [2.24, 2.45) is 0 Å². The summed E-state index contributed by atoms with van der Waals surface area (Å²) < 4.78 is 31.3. The third-order valence-electron chi connectivity index (χ3n) is 4.34. The van der Waals surface area contributed by atoms with Crippen LogP contribution in [0.3, 0.4) is 0 Å². The van der Waals surface area contributed by atoms with Crippen LogP contribution in [0.1, 0.15) is 24.8 Å². The summed E-state index contributed by atoms with van der Waals surface area (Å²) in [5.74, 6) is 0.664. The van der Waals surface area contributed by atoms with Crippen LogP contribution in [0.15, 0.2) is 41.3 Å². The molecule has 1 N–H and O–H groups in total. The van der Waals surface area contributed by atoms with Crippen molar-refractivity contribution in [2.45, 2.75) is 29.5 Å². The molecule has 0 radical (unpaired) electrons. The zero-order chi connectivity index (χ0) is 20.3. The van der Waals surface area contributed by atoms with E-state index in [2.05, 4.69) is 15.9 Å². The Kier molecular flexibility index (Phi) is 7.25. The molecular formula is C18H19BrCl2N2O4S. The summed E-state index contributed by atoms with van der Waals surface area (Å²) in [5.41, 5.74) is 0.907. The standard InChI is InChI=1S/C18H19BrCl2N2O4S/c19-12-13-10-16(20)18(17(21)11-13)27-14-4-6-15(7-5-14)28(25,26)23(24)22-8-2-1-3-9-22/h4-7,10-11,24H,1-3,8-9,12H2. The lowest BCUT2D eigenvalue weighted by Crippen LogP contribution is -2.46. The maximum absolute atomic E-state index is 12.6. The Hall–Kier alpha value is -0.870. The van der Waals surface area contributed by atoms with Crippen molar-refractivity contribution in [3.8, 4) is 11.5 Å². The Morgan fingerprint density at radius 1 is 1.07 bits per heavy atom. The Morgan fingerprint density at radius 2 is 1.64 bits per heavy atom. The lowest BCUT2D eigenvalue weighted by atomic mass is 10.2. The Morgan fingerprint density at radius 3 is 2.18 bits per heavy atom. The maximum atomic E-state index is 12.6. The van der Waals surface area contributed by atoms with Gasteiger partial charge in [0.05, 0.1) is 14.9 Å². The zero-order valence-electron chi connectivity index (χ0n) is 14.8. The normalized spacial score (nSPS) is 15.8. The van der Waals surface area contributed by atoms with Gasteiger partial charge in [0.2, 0.25) is 0 Å². The van der Waals surface area contributed by atoms with Gasteiger partial charge in [-0.05, 0) is 59.4 Å². The summed E-state index contributed by atoms with van der Waals surface area (Å²) in [4.78, 5) is -0.0419. The summed E-state index contributed by atoms with van der Waals surface area (Å²) in [6.07, 6.45) is 2.71. The van der Waals surface area contributed by atoms with Gasteiger partial charge in [0, 0.05) is 18.4 Å². The van der Waals surface area contributed by atoms with E-state index >= 15 is 0 Å².